The molecule has 0 bridgehead atoms. The van der Waals surface area contributed by atoms with E-state index in [2.05, 4.69) is 15.8 Å². The lowest BCUT2D eigenvalue weighted by molar-refractivity contribution is -0.120. The van der Waals surface area contributed by atoms with Crippen molar-refractivity contribution in [2.45, 2.75) is 83.8 Å². The highest BCUT2D eigenvalue weighted by atomic mass is 16.6. The molecular weight excluding hydrogens is 362 g/mol. The van der Waals surface area contributed by atoms with E-state index in [0.717, 1.165) is 31.4 Å². The van der Waals surface area contributed by atoms with Gasteiger partial charge in [-0.3, -0.25) is 9.59 Å². The number of hydrogen-bond acceptors (Lipinski definition) is 6. The van der Waals surface area contributed by atoms with Crippen molar-refractivity contribution in [1.29, 1.82) is 0 Å². The zero-order chi connectivity index (χ0) is 20.7. The normalized spacial score (nSPS) is 15.0. The number of nitrogens with one attached hydrogen (secondary N) is 2. The summed E-state index contributed by atoms with van der Waals surface area (Å²) in [5, 5.41) is 9.17. The number of nitrogens with zero attached hydrogens (tertiary/aromatic N) is 1. The van der Waals surface area contributed by atoms with Crippen molar-refractivity contribution in [3.63, 3.8) is 0 Å². The van der Waals surface area contributed by atoms with Gasteiger partial charge in [0, 0.05) is 24.9 Å². The van der Waals surface area contributed by atoms with E-state index in [1.54, 1.807) is 33.8 Å². The van der Waals surface area contributed by atoms with Crippen molar-refractivity contribution in [3.8, 4) is 0 Å². The topological polar surface area (TPSA) is 111 Å². The monoisotopic (exact) mass is 393 g/mol. The van der Waals surface area contributed by atoms with Gasteiger partial charge >= 0.3 is 6.09 Å². The minimum atomic E-state index is -0.595. The second kappa shape index (κ2) is 9.71. The van der Waals surface area contributed by atoms with Gasteiger partial charge in [0.25, 0.3) is 5.91 Å². The maximum atomic E-state index is 12.1. The second-order valence-electron chi connectivity index (χ2n) is 8.29. The Labute approximate surface area is 165 Å². The summed E-state index contributed by atoms with van der Waals surface area (Å²) in [7, 11) is 0. The molecule has 8 nitrogen and oxygen atoms in total. The molecule has 0 aliphatic heterocycles. The Bertz CT molecular complexity index is 688. The van der Waals surface area contributed by atoms with Crippen LogP contribution in [0.2, 0.25) is 0 Å². The van der Waals surface area contributed by atoms with Crippen LogP contribution in [0.15, 0.2) is 10.6 Å². The van der Waals surface area contributed by atoms with Crippen LogP contribution in [-0.4, -0.2) is 41.1 Å². The van der Waals surface area contributed by atoms with Gasteiger partial charge in [-0.1, -0.05) is 11.6 Å². The van der Waals surface area contributed by atoms with Gasteiger partial charge in [0.05, 0.1) is 6.04 Å². The molecular formula is C20H31N3O5. The molecule has 1 atom stereocenters. The number of unbranched alkanes of at least 4 members (excludes halogenated alkanes) is 2. The highest BCUT2D eigenvalue weighted by molar-refractivity contribution is 5.92. The number of Topliss-reactive ketones (excluding diaryl/α,β-unsaturated/α-hetero) is 1. The zero-order valence-corrected chi connectivity index (χ0v) is 17.2. The molecule has 1 saturated carbocycles. The number of carbonyl (C=O) groups is 3. The highest BCUT2D eigenvalue weighted by Gasteiger charge is 2.28. The van der Waals surface area contributed by atoms with E-state index >= 15 is 0 Å². The van der Waals surface area contributed by atoms with Gasteiger partial charge in [-0.2, -0.15) is 0 Å². The summed E-state index contributed by atoms with van der Waals surface area (Å²) in [6.45, 7) is 7.48. The molecule has 1 aromatic heterocycles. The van der Waals surface area contributed by atoms with Gasteiger partial charge in [0.1, 0.15) is 11.4 Å². The smallest absolute Gasteiger partial charge is 0.408 e. The Kier molecular flexibility index (Phi) is 7.60. The molecule has 8 heteroatoms. The van der Waals surface area contributed by atoms with Crippen LogP contribution in [0, 0.1) is 0 Å². The predicted molar refractivity (Wildman–Crippen MR) is 103 cm³/mol. The van der Waals surface area contributed by atoms with E-state index in [0.29, 0.717) is 31.0 Å². The molecule has 2 N–H and O–H groups in total. The van der Waals surface area contributed by atoms with Gasteiger partial charge in [-0.05, 0) is 53.4 Å². The van der Waals surface area contributed by atoms with Crippen molar-refractivity contribution in [3.05, 3.63) is 17.5 Å². The van der Waals surface area contributed by atoms with Crippen LogP contribution in [0.1, 0.15) is 88.4 Å². The van der Waals surface area contributed by atoms with Crippen molar-refractivity contribution in [2.75, 3.05) is 6.54 Å². The van der Waals surface area contributed by atoms with Gasteiger partial charge in [-0.25, -0.2) is 4.79 Å². The van der Waals surface area contributed by atoms with Crippen LogP contribution in [0.25, 0.3) is 0 Å². The average molecular weight is 393 g/mol. The zero-order valence-electron chi connectivity index (χ0n) is 17.2. The number of alkyl carbamates (subject to hydrolysis) is 1. The van der Waals surface area contributed by atoms with E-state index in [-0.39, 0.29) is 11.7 Å². The van der Waals surface area contributed by atoms with Crippen LogP contribution in [0.4, 0.5) is 4.79 Å². The third-order valence-corrected chi connectivity index (χ3v) is 4.34. The highest BCUT2D eigenvalue weighted by Crippen LogP contribution is 2.40. The molecule has 0 saturated heterocycles. The molecule has 1 fully saturated rings. The first-order valence-corrected chi connectivity index (χ1v) is 9.93. The Morgan fingerprint density at radius 2 is 1.96 bits per heavy atom. The van der Waals surface area contributed by atoms with Crippen molar-refractivity contribution < 1.29 is 23.6 Å². The van der Waals surface area contributed by atoms with E-state index in [9.17, 15) is 14.4 Å². The molecule has 2 amide bonds. The lowest BCUT2D eigenvalue weighted by atomic mass is 10.1. The Hall–Kier alpha value is -2.38. The molecule has 0 radical (unpaired) electrons. The van der Waals surface area contributed by atoms with E-state index in [1.807, 2.05) is 0 Å². The Morgan fingerprint density at radius 3 is 2.61 bits per heavy atom. The number of amides is 2. The molecule has 0 aromatic carbocycles. The summed E-state index contributed by atoms with van der Waals surface area (Å²) in [5.74, 6) is 0.948. The summed E-state index contributed by atoms with van der Waals surface area (Å²) in [6.07, 6.45) is 4.25. The number of ketones is 1. The average Bonchev–Trinajstić information content (AvgIpc) is 3.32. The SMILES string of the molecule is C[C@H](NC(=O)OC(C)(C)C)C(=O)CCCCCNC(=O)c1cc(C2CC2)on1. The van der Waals surface area contributed by atoms with Gasteiger partial charge < -0.3 is 19.9 Å². The number of rotatable bonds is 10. The fraction of sp³-hybridized carbons (Fsp3) is 0.700. The molecule has 0 spiro atoms. The van der Waals surface area contributed by atoms with E-state index in [1.165, 1.54) is 0 Å². The quantitative estimate of drug-likeness (QED) is 0.590. The molecule has 2 rings (SSSR count). The second-order valence-corrected chi connectivity index (χ2v) is 8.29. The largest absolute Gasteiger partial charge is 0.444 e. The summed E-state index contributed by atoms with van der Waals surface area (Å²) >= 11 is 0. The van der Waals surface area contributed by atoms with Crippen LogP contribution in [-0.2, 0) is 9.53 Å². The van der Waals surface area contributed by atoms with Crippen LogP contribution < -0.4 is 10.6 Å². The molecule has 1 aliphatic carbocycles. The fourth-order valence-electron chi connectivity index (χ4n) is 2.63. The third kappa shape index (κ3) is 7.70. The van der Waals surface area contributed by atoms with Crippen LogP contribution in [0.5, 0.6) is 0 Å². The summed E-state index contributed by atoms with van der Waals surface area (Å²) in [4.78, 5) is 35.7. The first kappa shape index (κ1) is 21.9. The maximum absolute atomic E-state index is 12.1. The van der Waals surface area contributed by atoms with E-state index < -0.39 is 17.7 Å². The minimum absolute atomic E-state index is 0.0369. The first-order valence-electron chi connectivity index (χ1n) is 9.93. The molecule has 1 aromatic rings. The number of aromatic nitrogens is 1. The summed E-state index contributed by atoms with van der Waals surface area (Å²) in [6, 6.07) is 1.13. The van der Waals surface area contributed by atoms with Crippen molar-refractivity contribution in [1.82, 2.24) is 15.8 Å². The number of hydrogen-bond donors (Lipinski definition) is 2. The molecule has 28 heavy (non-hydrogen) atoms. The maximum Gasteiger partial charge on any atom is 0.408 e. The van der Waals surface area contributed by atoms with Gasteiger partial charge in [0.15, 0.2) is 11.5 Å². The third-order valence-electron chi connectivity index (χ3n) is 4.34. The molecule has 156 valence electrons. The number of ether oxygens (including phenoxy) is 1. The molecule has 0 unspecified atom stereocenters. The fourth-order valence-corrected chi connectivity index (χ4v) is 2.63. The first-order chi connectivity index (χ1) is 13.2. The van der Waals surface area contributed by atoms with Gasteiger partial charge in [-0.15, -0.1) is 0 Å². The summed E-state index contributed by atoms with van der Waals surface area (Å²) in [5.41, 5.74) is -0.276. The predicted octanol–water partition coefficient (Wildman–Crippen LogP) is 3.32. The van der Waals surface area contributed by atoms with Crippen LogP contribution >= 0.6 is 0 Å². The molecule has 1 aliphatic rings. The Morgan fingerprint density at radius 1 is 1.25 bits per heavy atom. The summed E-state index contributed by atoms with van der Waals surface area (Å²) < 4.78 is 10.3. The van der Waals surface area contributed by atoms with E-state index in [4.69, 9.17) is 9.26 Å². The lowest BCUT2D eigenvalue weighted by Crippen LogP contribution is -2.41. The lowest BCUT2D eigenvalue weighted by Gasteiger charge is -2.21. The van der Waals surface area contributed by atoms with Crippen LogP contribution in [0.3, 0.4) is 0 Å². The van der Waals surface area contributed by atoms with Gasteiger partial charge in [0.2, 0.25) is 0 Å². The number of carbonyl (C=O) groups excluding carboxylic acids is 3. The van der Waals surface area contributed by atoms with Crippen molar-refractivity contribution >= 4 is 17.8 Å². The standard InChI is InChI=1S/C20H31N3O5/c1-13(22-19(26)27-20(2,3)4)16(24)8-6-5-7-11-21-18(25)15-12-17(28-23-15)14-9-10-14/h12-14H,5-11H2,1-4H3,(H,21,25)(H,22,26)/t13-/m0/s1. The molecule has 1 heterocycles. The minimum Gasteiger partial charge on any atom is -0.444 e. The van der Waals surface area contributed by atoms with Crippen molar-refractivity contribution in [2.24, 2.45) is 0 Å². The Balaban J connectivity index is 1.54.